The molecule has 0 atom stereocenters. The number of rotatable bonds is 3. The van der Waals surface area contributed by atoms with E-state index in [0.29, 0.717) is 18.0 Å². The van der Waals surface area contributed by atoms with Gasteiger partial charge in [-0.05, 0) is 30.7 Å². The molecule has 5 heteroatoms. The van der Waals surface area contributed by atoms with Crippen LogP contribution in [0.3, 0.4) is 0 Å². The number of nitrogens with zero attached hydrogens (tertiary/aromatic N) is 1. The fourth-order valence-electron chi connectivity index (χ4n) is 1.78. The molecule has 1 heterocycles. The maximum Gasteiger partial charge on any atom is 0.243 e. The molecule has 0 saturated heterocycles. The van der Waals surface area contributed by atoms with Gasteiger partial charge in [-0.25, -0.2) is 8.42 Å². The molecule has 2 rings (SSSR count). The highest BCUT2D eigenvalue weighted by Crippen LogP contribution is 2.19. The molecule has 92 valence electrons. The van der Waals surface area contributed by atoms with Gasteiger partial charge in [0.1, 0.15) is 0 Å². The summed E-state index contributed by atoms with van der Waals surface area (Å²) in [6, 6.07) is 6.82. The van der Waals surface area contributed by atoms with Gasteiger partial charge in [-0.2, -0.15) is 4.31 Å². The van der Waals surface area contributed by atoms with Gasteiger partial charge in [-0.15, -0.1) is 0 Å². The van der Waals surface area contributed by atoms with Crippen LogP contribution in [0.15, 0.2) is 41.3 Å². The van der Waals surface area contributed by atoms with E-state index in [9.17, 15) is 8.42 Å². The fraction of sp³-hybridized carbons (Fsp3) is 0.333. The minimum atomic E-state index is -3.33. The van der Waals surface area contributed by atoms with Crippen molar-refractivity contribution in [1.29, 1.82) is 0 Å². The van der Waals surface area contributed by atoms with Crippen molar-refractivity contribution in [2.75, 3.05) is 25.5 Å². The SMILES string of the molecule is CNc1ccc(S(=O)(=O)N2CC=CCC2)cc1. The van der Waals surface area contributed by atoms with E-state index in [-0.39, 0.29) is 0 Å². The molecule has 1 aliphatic heterocycles. The fourth-order valence-corrected chi connectivity index (χ4v) is 3.19. The lowest BCUT2D eigenvalue weighted by atomic mass is 10.3. The Hall–Kier alpha value is -1.33. The van der Waals surface area contributed by atoms with Crippen LogP contribution >= 0.6 is 0 Å². The van der Waals surface area contributed by atoms with Crippen LogP contribution < -0.4 is 5.32 Å². The molecular weight excluding hydrogens is 236 g/mol. The maximum absolute atomic E-state index is 12.3. The van der Waals surface area contributed by atoms with Crippen molar-refractivity contribution in [3.8, 4) is 0 Å². The van der Waals surface area contributed by atoms with Crippen molar-refractivity contribution in [3.05, 3.63) is 36.4 Å². The topological polar surface area (TPSA) is 49.4 Å². The van der Waals surface area contributed by atoms with Gasteiger partial charge in [0.25, 0.3) is 0 Å². The number of nitrogens with one attached hydrogen (secondary N) is 1. The Morgan fingerprint density at radius 3 is 2.41 bits per heavy atom. The zero-order chi connectivity index (χ0) is 12.3. The summed E-state index contributed by atoms with van der Waals surface area (Å²) in [5.74, 6) is 0. The maximum atomic E-state index is 12.3. The molecule has 0 unspecified atom stereocenters. The summed E-state index contributed by atoms with van der Waals surface area (Å²) in [6.45, 7) is 1.03. The third-order valence-electron chi connectivity index (χ3n) is 2.80. The molecule has 1 aliphatic rings. The Bertz CT molecular complexity index is 506. The summed E-state index contributed by atoms with van der Waals surface area (Å²) in [7, 11) is -1.53. The van der Waals surface area contributed by atoms with Crippen LogP contribution in [0.1, 0.15) is 6.42 Å². The van der Waals surface area contributed by atoms with Gasteiger partial charge < -0.3 is 5.32 Å². The summed E-state index contributed by atoms with van der Waals surface area (Å²) in [4.78, 5) is 0.354. The van der Waals surface area contributed by atoms with E-state index in [1.54, 1.807) is 31.3 Å². The first-order valence-electron chi connectivity index (χ1n) is 5.57. The second-order valence-corrected chi connectivity index (χ2v) is 5.84. The molecule has 0 aromatic heterocycles. The lowest BCUT2D eigenvalue weighted by Crippen LogP contribution is -2.33. The Labute approximate surface area is 102 Å². The Morgan fingerprint density at radius 2 is 1.88 bits per heavy atom. The van der Waals surface area contributed by atoms with Gasteiger partial charge in [-0.3, -0.25) is 0 Å². The molecule has 0 fully saturated rings. The van der Waals surface area contributed by atoms with Crippen LogP contribution in [0.4, 0.5) is 5.69 Å². The minimum absolute atomic E-state index is 0.354. The largest absolute Gasteiger partial charge is 0.388 e. The van der Waals surface area contributed by atoms with Gasteiger partial charge in [-0.1, -0.05) is 12.2 Å². The lowest BCUT2D eigenvalue weighted by molar-refractivity contribution is 0.437. The normalized spacial score (nSPS) is 17.0. The van der Waals surface area contributed by atoms with Crippen molar-refractivity contribution < 1.29 is 8.42 Å². The molecule has 1 aromatic rings. The number of benzene rings is 1. The lowest BCUT2D eigenvalue weighted by Gasteiger charge is -2.22. The zero-order valence-electron chi connectivity index (χ0n) is 9.76. The van der Waals surface area contributed by atoms with Crippen molar-refractivity contribution in [3.63, 3.8) is 0 Å². The van der Waals surface area contributed by atoms with Gasteiger partial charge >= 0.3 is 0 Å². The number of hydrogen-bond donors (Lipinski definition) is 1. The molecular formula is C12H16N2O2S. The Kier molecular flexibility index (Phi) is 3.49. The first kappa shape index (κ1) is 12.1. The zero-order valence-corrected chi connectivity index (χ0v) is 10.6. The van der Waals surface area contributed by atoms with E-state index in [0.717, 1.165) is 12.1 Å². The van der Waals surface area contributed by atoms with Crippen molar-refractivity contribution in [1.82, 2.24) is 4.31 Å². The monoisotopic (exact) mass is 252 g/mol. The third kappa shape index (κ3) is 2.50. The van der Waals surface area contributed by atoms with Gasteiger partial charge in [0.2, 0.25) is 10.0 Å². The summed E-state index contributed by atoms with van der Waals surface area (Å²) in [6.07, 6.45) is 4.69. The highest BCUT2D eigenvalue weighted by molar-refractivity contribution is 7.89. The van der Waals surface area contributed by atoms with E-state index in [1.807, 2.05) is 12.2 Å². The van der Waals surface area contributed by atoms with Crippen LogP contribution in [0.2, 0.25) is 0 Å². The number of anilines is 1. The molecule has 0 saturated carbocycles. The second-order valence-electron chi connectivity index (χ2n) is 3.90. The molecule has 0 spiro atoms. The van der Waals surface area contributed by atoms with Crippen LogP contribution in [-0.4, -0.2) is 32.9 Å². The smallest absolute Gasteiger partial charge is 0.243 e. The van der Waals surface area contributed by atoms with Crippen molar-refractivity contribution in [2.24, 2.45) is 0 Å². The van der Waals surface area contributed by atoms with E-state index >= 15 is 0 Å². The average Bonchev–Trinajstić information content (AvgIpc) is 2.40. The van der Waals surface area contributed by atoms with E-state index in [2.05, 4.69) is 5.32 Å². The highest BCUT2D eigenvalue weighted by atomic mass is 32.2. The van der Waals surface area contributed by atoms with Crippen LogP contribution in [0.5, 0.6) is 0 Å². The predicted molar refractivity (Wildman–Crippen MR) is 68.5 cm³/mol. The first-order valence-corrected chi connectivity index (χ1v) is 7.01. The summed E-state index contributed by atoms with van der Waals surface area (Å²) < 4.78 is 26.0. The van der Waals surface area contributed by atoms with Crippen LogP contribution in [-0.2, 0) is 10.0 Å². The van der Waals surface area contributed by atoms with Crippen LogP contribution in [0.25, 0.3) is 0 Å². The van der Waals surface area contributed by atoms with E-state index in [1.165, 1.54) is 4.31 Å². The molecule has 1 N–H and O–H groups in total. The van der Waals surface area contributed by atoms with Gasteiger partial charge in [0.05, 0.1) is 4.90 Å². The third-order valence-corrected chi connectivity index (χ3v) is 4.68. The quantitative estimate of drug-likeness (QED) is 0.833. The highest BCUT2D eigenvalue weighted by Gasteiger charge is 2.23. The Morgan fingerprint density at radius 1 is 1.18 bits per heavy atom. The van der Waals surface area contributed by atoms with E-state index < -0.39 is 10.0 Å². The summed E-state index contributed by atoms with van der Waals surface area (Å²) in [5.41, 5.74) is 0.905. The van der Waals surface area contributed by atoms with Gasteiger partial charge in [0.15, 0.2) is 0 Å². The Balaban J connectivity index is 2.27. The predicted octanol–water partition coefficient (Wildman–Crippen LogP) is 1.68. The molecule has 1 aromatic carbocycles. The van der Waals surface area contributed by atoms with E-state index in [4.69, 9.17) is 0 Å². The van der Waals surface area contributed by atoms with Crippen molar-refractivity contribution >= 4 is 15.7 Å². The summed E-state index contributed by atoms with van der Waals surface area (Å²) in [5, 5.41) is 2.97. The molecule has 0 bridgehead atoms. The number of sulfonamides is 1. The minimum Gasteiger partial charge on any atom is -0.388 e. The average molecular weight is 252 g/mol. The molecule has 0 amide bonds. The van der Waals surface area contributed by atoms with Crippen LogP contribution in [0, 0.1) is 0 Å². The second kappa shape index (κ2) is 4.89. The summed E-state index contributed by atoms with van der Waals surface area (Å²) >= 11 is 0. The molecule has 17 heavy (non-hydrogen) atoms. The van der Waals surface area contributed by atoms with Crippen molar-refractivity contribution in [2.45, 2.75) is 11.3 Å². The molecule has 0 radical (unpaired) electrons. The molecule has 0 aliphatic carbocycles. The molecule has 4 nitrogen and oxygen atoms in total. The standard InChI is InChI=1S/C12H16N2O2S/c1-13-11-5-7-12(8-6-11)17(15,16)14-9-3-2-4-10-14/h2-3,5-8,13H,4,9-10H2,1H3. The first-order chi connectivity index (χ1) is 8.14. The van der Waals surface area contributed by atoms with Gasteiger partial charge in [0, 0.05) is 25.8 Å². The number of hydrogen-bond acceptors (Lipinski definition) is 3.